The third-order valence-corrected chi connectivity index (χ3v) is 7.34. The van der Waals surface area contributed by atoms with Crippen molar-refractivity contribution in [2.75, 3.05) is 39.8 Å². The van der Waals surface area contributed by atoms with Crippen molar-refractivity contribution in [1.29, 1.82) is 0 Å². The fourth-order valence-electron chi connectivity index (χ4n) is 4.45. The summed E-state index contributed by atoms with van der Waals surface area (Å²) in [6.45, 7) is 5.30. The highest BCUT2D eigenvalue weighted by molar-refractivity contribution is 7.89. The van der Waals surface area contributed by atoms with Crippen LogP contribution in [0.2, 0.25) is 0 Å². The Morgan fingerprint density at radius 3 is 2.46 bits per heavy atom. The number of hydrogen-bond donors (Lipinski definition) is 2. The molecule has 2 aliphatic heterocycles. The lowest BCUT2D eigenvalue weighted by Gasteiger charge is -2.48. The van der Waals surface area contributed by atoms with Gasteiger partial charge in [-0.2, -0.15) is 0 Å². The van der Waals surface area contributed by atoms with Gasteiger partial charge in [0.2, 0.25) is 10.0 Å². The Bertz CT molecular complexity index is 774. The molecule has 1 aromatic rings. The van der Waals surface area contributed by atoms with Crippen molar-refractivity contribution in [2.45, 2.75) is 43.6 Å². The van der Waals surface area contributed by atoms with Gasteiger partial charge in [0.15, 0.2) is 0 Å². The lowest BCUT2D eigenvalue weighted by Crippen LogP contribution is -2.53. The third kappa shape index (κ3) is 4.74. The first kappa shape index (κ1) is 21.2. The number of aliphatic hydroxyl groups excluding tert-OH is 1. The van der Waals surface area contributed by atoms with Crippen LogP contribution in [0.5, 0.6) is 0 Å². The van der Waals surface area contributed by atoms with Crippen molar-refractivity contribution < 1.29 is 18.3 Å². The molecule has 2 fully saturated rings. The van der Waals surface area contributed by atoms with Gasteiger partial charge in [-0.05, 0) is 62.4 Å². The van der Waals surface area contributed by atoms with Gasteiger partial charge < -0.3 is 14.9 Å². The molecule has 1 spiro atoms. The fraction of sp³-hybridized carbons (Fsp3) is 0.650. The zero-order valence-corrected chi connectivity index (χ0v) is 17.5. The summed E-state index contributed by atoms with van der Waals surface area (Å²) in [6.07, 6.45) is 2.99. The number of benzene rings is 1. The van der Waals surface area contributed by atoms with Crippen LogP contribution in [0, 0.1) is 5.41 Å². The number of nitrogens with one attached hydrogen (secondary N) is 1. The Labute approximate surface area is 167 Å². The molecule has 28 heavy (non-hydrogen) atoms. The van der Waals surface area contributed by atoms with Crippen LogP contribution >= 0.6 is 0 Å². The van der Waals surface area contributed by atoms with Crippen molar-refractivity contribution in [3.63, 3.8) is 0 Å². The number of carbonyl (C=O) groups is 1. The van der Waals surface area contributed by atoms with Crippen molar-refractivity contribution in [2.24, 2.45) is 5.41 Å². The largest absolute Gasteiger partial charge is 0.392 e. The molecule has 2 heterocycles. The number of likely N-dealkylation sites (tertiary alicyclic amines) is 2. The van der Waals surface area contributed by atoms with E-state index in [1.807, 2.05) is 18.9 Å². The number of β-amino-alcohol motifs (C(OH)–C–C–N with tert-alkyl or cyclic N) is 1. The van der Waals surface area contributed by atoms with Crippen molar-refractivity contribution in [1.82, 2.24) is 14.5 Å². The van der Waals surface area contributed by atoms with Crippen molar-refractivity contribution >= 4 is 15.9 Å². The smallest absolute Gasteiger partial charge is 0.253 e. The van der Waals surface area contributed by atoms with Gasteiger partial charge in [-0.15, -0.1) is 0 Å². The van der Waals surface area contributed by atoms with E-state index < -0.39 is 10.0 Å². The van der Waals surface area contributed by atoms with Gasteiger partial charge >= 0.3 is 0 Å². The maximum absolute atomic E-state index is 12.8. The second-order valence-corrected chi connectivity index (χ2v) is 10.0. The average Bonchev–Trinajstić information content (AvgIpc) is 2.65. The molecule has 0 radical (unpaired) electrons. The second kappa shape index (κ2) is 8.49. The topological polar surface area (TPSA) is 90.0 Å². The van der Waals surface area contributed by atoms with Crippen LogP contribution in [0.15, 0.2) is 29.2 Å². The van der Waals surface area contributed by atoms with Gasteiger partial charge in [-0.25, -0.2) is 13.1 Å². The van der Waals surface area contributed by atoms with E-state index in [2.05, 4.69) is 9.62 Å². The minimum Gasteiger partial charge on any atom is -0.392 e. The standard InChI is InChI=1S/C20H31N3O4S/c1-3-10-21-28(26,27)18-6-4-16(5-7-18)19(25)23-11-8-20(9-12-23)13-17(24)14-22(2)15-20/h4-7,17,21,24H,3,8-15H2,1-2H3. The van der Waals surface area contributed by atoms with Crippen LogP contribution in [-0.2, 0) is 10.0 Å². The van der Waals surface area contributed by atoms with Gasteiger partial charge in [0, 0.05) is 38.3 Å². The summed E-state index contributed by atoms with van der Waals surface area (Å²) in [4.78, 5) is 17.0. The molecule has 0 aliphatic carbocycles. The maximum Gasteiger partial charge on any atom is 0.253 e. The molecular weight excluding hydrogens is 378 g/mol. The van der Waals surface area contributed by atoms with E-state index in [9.17, 15) is 18.3 Å². The van der Waals surface area contributed by atoms with Crippen LogP contribution in [0.25, 0.3) is 0 Å². The third-order valence-electron chi connectivity index (χ3n) is 5.86. The van der Waals surface area contributed by atoms with Crippen LogP contribution in [0.1, 0.15) is 43.0 Å². The predicted octanol–water partition coefficient (Wildman–Crippen LogP) is 1.29. The van der Waals surface area contributed by atoms with E-state index in [0.717, 1.165) is 32.2 Å². The number of sulfonamides is 1. The number of amides is 1. The van der Waals surface area contributed by atoms with Crippen molar-refractivity contribution in [3.8, 4) is 0 Å². The minimum absolute atomic E-state index is 0.0648. The summed E-state index contributed by atoms with van der Waals surface area (Å²) in [6, 6.07) is 6.16. The van der Waals surface area contributed by atoms with Gasteiger partial charge in [-0.3, -0.25) is 4.79 Å². The van der Waals surface area contributed by atoms with Crippen molar-refractivity contribution in [3.05, 3.63) is 29.8 Å². The van der Waals surface area contributed by atoms with Gasteiger partial charge in [0.25, 0.3) is 5.91 Å². The SMILES string of the molecule is CCCNS(=O)(=O)c1ccc(C(=O)N2CCC3(CC2)CC(O)CN(C)C3)cc1. The molecule has 7 nitrogen and oxygen atoms in total. The molecule has 2 saturated heterocycles. The average molecular weight is 410 g/mol. The lowest BCUT2D eigenvalue weighted by molar-refractivity contribution is -0.0286. The predicted molar refractivity (Wildman–Crippen MR) is 108 cm³/mol. The lowest BCUT2D eigenvalue weighted by atomic mass is 9.71. The molecule has 2 aliphatic rings. The molecule has 8 heteroatoms. The zero-order valence-electron chi connectivity index (χ0n) is 16.7. The normalized spacial score (nSPS) is 23.1. The molecule has 0 saturated carbocycles. The highest BCUT2D eigenvalue weighted by Gasteiger charge is 2.41. The molecule has 3 rings (SSSR count). The minimum atomic E-state index is -3.52. The van der Waals surface area contributed by atoms with E-state index in [-0.39, 0.29) is 22.3 Å². The number of carbonyl (C=O) groups excluding carboxylic acids is 1. The van der Waals surface area contributed by atoms with Gasteiger partial charge in [-0.1, -0.05) is 6.92 Å². The Kier molecular flexibility index (Phi) is 6.44. The quantitative estimate of drug-likeness (QED) is 0.765. The number of aliphatic hydroxyl groups is 1. The van der Waals surface area contributed by atoms with E-state index in [4.69, 9.17) is 0 Å². The number of piperidine rings is 2. The summed E-state index contributed by atoms with van der Waals surface area (Å²) < 4.78 is 26.9. The number of rotatable bonds is 5. The summed E-state index contributed by atoms with van der Waals surface area (Å²) in [5.41, 5.74) is 0.595. The van der Waals surface area contributed by atoms with Crippen LogP contribution in [0.3, 0.4) is 0 Å². The molecule has 0 aromatic heterocycles. The first-order valence-corrected chi connectivity index (χ1v) is 11.5. The van der Waals surface area contributed by atoms with E-state index >= 15 is 0 Å². The molecule has 1 atom stereocenters. The maximum atomic E-state index is 12.8. The molecule has 1 unspecified atom stereocenters. The van der Waals surface area contributed by atoms with Gasteiger partial charge in [0.1, 0.15) is 0 Å². The van der Waals surface area contributed by atoms with E-state index in [1.54, 1.807) is 12.1 Å². The first-order valence-electron chi connectivity index (χ1n) is 10.0. The molecule has 2 N–H and O–H groups in total. The van der Waals surface area contributed by atoms with E-state index in [0.29, 0.717) is 31.7 Å². The monoisotopic (exact) mass is 409 g/mol. The summed E-state index contributed by atoms with van der Waals surface area (Å²) in [5, 5.41) is 10.1. The number of hydrogen-bond acceptors (Lipinski definition) is 5. The fourth-order valence-corrected chi connectivity index (χ4v) is 5.59. The van der Waals surface area contributed by atoms with Gasteiger partial charge in [0.05, 0.1) is 11.0 Å². The first-order chi connectivity index (χ1) is 13.2. The van der Waals surface area contributed by atoms with Crippen LogP contribution in [-0.4, -0.2) is 75.1 Å². The molecule has 156 valence electrons. The Morgan fingerprint density at radius 1 is 1.25 bits per heavy atom. The summed E-state index contributed by atoms with van der Waals surface area (Å²) >= 11 is 0. The highest BCUT2D eigenvalue weighted by atomic mass is 32.2. The highest BCUT2D eigenvalue weighted by Crippen LogP contribution is 2.39. The summed E-state index contributed by atoms with van der Waals surface area (Å²) in [5.74, 6) is -0.0648. The second-order valence-electron chi connectivity index (χ2n) is 8.27. The van der Waals surface area contributed by atoms with Crippen LogP contribution in [0.4, 0.5) is 0 Å². The summed E-state index contributed by atoms with van der Waals surface area (Å²) in [7, 11) is -1.49. The Hall–Kier alpha value is -1.48. The number of nitrogens with zero attached hydrogens (tertiary/aromatic N) is 2. The van der Waals surface area contributed by atoms with E-state index in [1.165, 1.54) is 12.1 Å². The molecule has 1 aromatic carbocycles. The molecule has 1 amide bonds. The Balaban J connectivity index is 1.62. The Morgan fingerprint density at radius 2 is 1.89 bits per heavy atom. The number of likely N-dealkylation sites (N-methyl/N-ethyl adjacent to an activating group) is 1. The molecular formula is C20H31N3O4S. The molecule has 0 bridgehead atoms. The van der Waals surface area contributed by atoms with Crippen LogP contribution < -0.4 is 4.72 Å². The zero-order chi connectivity index (χ0) is 20.4.